The number of ketones is 1. The minimum atomic E-state index is 0.175. The normalized spacial score (nSPS) is 15.1. The summed E-state index contributed by atoms with van der Waals surface area (Å²) in [7, 11) is 0. The molecule has 1 aliphatic rings. The highest BCUT2D eigenvalue weighted by molar-refractivity contribution is 5.80. The number of carbonyl (C=O) groups excluding carboxylic acids is 2. The van der Waals surface area contributed by atoms with Gasteiger partial charge in [-0.05, 0) is 43.4 Å². The fourth-order valence-corrected chi connectivity index (χ4v) is 3.07. The van der Waals surface area contributed by atoms with Gasteiger partial charge in [-0.2, -0.15) is 0 Å². The number of ether oxygens (including phenoxy) is 1. The number of hydrogen-bond donors (Lipinski definition) is 0. The van der Waals surface area contributed by atoms with Crippen molar-refractivity contribution in [3.05, 3.63) is 42.5 Å². The summed E-state index contributed by atoms with van der Waals surface area (Å²) in [6, 6.07) is 7.83. The summed E-state index contributed by atoms with van der Waals surface area (Å²) in [6.45, 7) is 7.39. The largest absolute Gasteiger partial charge is 0.490 e. The maximum Gasteiger partial charge on any atom is 0.223 e. The van der Waals surface area contributed by atoms with Crippen LogP contribution in [0.25, 0.3) is 0 Å². The number of benzene rings is 1. The van der Waals surface area contributed by atoms with E-state index in [1.165, 1.54) is 0 Å². The second kappa shape index (κ2) is 9.26. The molecule has 0 aliphatic heterocycles. The van der Waals surface area contributed by atoms with E-state index in [1.807, 2.05) is 36.1 Å². The number of Topliss-reactive ketones (excluding diaryl/α,β-unsaturated/α-hetero) is 1. The predicted octanol–water partition coefficient (Wildman–Crippen LogP) is 3.75. The lowest BCUT2D eigenvalue weighted by molar-refractivity contribution is -0.133. The summed E-state index contributed by atoms with van der Waals surface area (Å²) in [5.41, 5.74) is 1.06. The molecule has 0 heterocycles. The van der Waals surface area contributed by atoms with Crippen LogP contribution in [0.2, 0.25) is 0 Å². The van der Waals surface area contributed by atoms with Gasteiger partial charge in [0.2, 0.25) is 5.91 Å². The minimum absolute atomic E-state index is 0.175. The zero-order chi connectivity index (χ0) is 17.4. The Morgan fingerprint density at radius 2 is 2.12 bits per heavy atom. The first-order valence-electron chi connectivity index (χ1n) is 8.74. The molecule has 4 heteroatoms. The molecule has 2 rings (SSSR count). The average Bonchev–Trinajstić information content (AvgIpc) is 2.60. The molecule has 130 valence electrons. The van der Waals surface area contributed by atoms with Gasteiger partial charge >= 0.3 is 0 Å². The molecule has 0 radical (unpaired) electrons. The zero-order valence-electron chi connectivity index (χ0n) is 14.5. The average molecular weight is 329 g/mol. The number of amides is 1. The highest BCUT2D eigenvalue weighted by atomic mass is 16.5. The SMILES string of the molecule is C=CCOc1cccc(CN(CC)C(=O)CC2CCC(=O)CC2)c1. The number of hydrogen-bond acceptors (Lipinski definition) is 3. The minimum Gasteiger partial charge on any atom is -0.490 e. The van der Waals surface area contributed by atoms with Gasteiger partial charge in [-0.3, -0.25) is 9.59 Å². The first-order valence-corrected chi connectivity index (χ1v) is 8.74. The van der Waals surface area contributed by atoms with Crippen LogP contribution in [-0.2, 0) is 16.1 Å². The first kappa shape index (κ1) is 18.2. The third kappa shape index (κ3) is 5.52. The van der Waals surface area contributed by atoms with E-state index in [-0.39, 0.29) is 5.91 Å². The van der Waals surface area contributed by atoms with Crippen molar-refractivity contribution in [1.82, 2.24) is 4.90 Å². The van der Waals surface area contributed by atoms with E-state index >= 15 is 0 Å². The monoisotopic (exact) mass is 329 g/mol. The van der Waals surface area contributed by atoms with Crippen molar-refractivity contribution in [1.29, 1.82) is 0 Å². The Hall–Kier alpha value is -2.10. The van der Waals surface area contributed by atoms with Gasteiger partial charge in [0.1, 0.15) is 18.1 Å². The van der Waals surface area contributed by atoms with Gasteiger partial charge < -0.3 is 9.64 Å². The van der Waals surface area contributed by atoms with Crippen molar-refractivity contribution in [2.75, 3.05) is 13.2 Å². The topological polar surface area (TPSA) is 46.6 Å². The Kier molecular flexibility index (Phi) is 7.04. The molecule has 1 aliphatic carbocycles. The van der Waals surface area contributed by atoms with Gasteiger partial charge in [0, 0.05) is 32.4 Å². The predicted molar refractivity (Wildman–Crippen MR) is 94.8 cm³/mol. The maximum absolute atomic E-state index is 12.6. The van der Waals surface area contributed by atoms with Crippen LogP contribution in [0.3, 0.4) is 0 Å². The van der Waals surface area contributed by atoms with Crippen molar-refractivity contribution < 1.29 is 14.3 Å². The lowest BCUT2D eigenvalue weighted by Crippen LogP contribution is -2.32. The van der Waals surface area contributed by atoms with Crippen LogP contribution in [-0.4, -0.2) is 29.7 Å². The second-order valence-electron chi connectivity index (χ2n) is 6.34. The Labute approximate surface area is 144 Å². The maximum atomic E-state index is 12.6. The fraction of sp³-hybridized carbons (Fsp3) is 0.500. The Morgan fingerprint density at radius 1 is 1.38 bits per heavy atom. The van der Waals surface area contributed by atoms with Crippen LogP contribution in [0.5, 0.6) is 5.75 Å². The van der Waals surface area contributed by atoms with Crippen molar-refractivity contribution in [3.8, 4) is 5.75 Å². The van der Waals surface area contributed by atoms with Gasteiger partial charge in [-0.25, -0.2) is 0 Å². The van der Waals surface area contributed by atoms with Crippen molar-refractivity contribution in [3.63, 3.8) is 0 Å². The summed E-state index contributed by atoms with van der Waals surface area (Å²) in [5.74, 6) is 1.66. The molecule has 4 nitrogen and oxygen atoms in total. The third-order valence-electron chi connectivity index (χ3n) is 4.50. The second-order valence-corrected chi connectivity index (χ2v) is 6.34. The van der Waals surface area contributed by atoms with E-state index in [1.54, 1.807) is 6.08 Å². The summed E-state index contributed by atoms with van der Waals surface area (Å²) in [6.07, 6.45) is 5.23. The Morgan fingerprint density at radius 3 is 2.79 bits per heavy atom. The van der Waals surface area contributed by atoms with E-state index in [0.717, 1.165) is 24.2 Å². The van der Waals surface area contributed by atoms with Crippen LogP contribution < -0.4 is 4.74 Å². The summed E-state index contributed by atoms with van der Waals surface area (Å²) in [5, 5.41) is 0. The van der Waals surface area contributed by atoms with Crippen molar-refractivity contribution in [2.45, 2.75) is 45.6 Å². The third-order valence-corrected chi connectivity index (χ3v) is 4.50. The van der Waals surface area contributed by atoms with E-state index in [0.29, 0.717) is 50.7 Å². The van der Waals surface area contributed by atoms with Crippen LogP contribution in [0, 0.1) is 5.92 Å². The van der Waals surface area contributed by atoms with E-state index < -0.39 is 0 Å². The lowest BCUT2D eigenvalue weighted by Gasteiger charge is -2.26. The van der Waals surface area contributed by atoms with Gasteiger partial charge in [0.15, 0.2) is 0 Å². The summed E-state index contributed by atoms with van der Waals surface area (Å²) in [4.78, 5) is 25.8. The highest BCUT2D eigenvalue weighted by Gasteiger charge is 2.23. The molecule has 0 N–H and O–H groups in total. The first-order chi connectivity index (χ1) is 11.6. The van der Waals surface area contributed by atoms with Crippen LogP contribution in [0.15, 0.2) is 36.9 Å². The molecule has 1 amide bonds. The fourth-order valence-electron chi connectivity index (χ4n) is 3.07. The van der Waals surface area contributed by atoms with Crippen molar-refractivity contribution in [2.24, 2.45) is 5.92 Å². The Bertz CT molecular complexity index is 572. The molecule has 0 unspecified atom stereocenters. The molecular weight excluding hydrogens is 302 g/mol. The van der Waals surface area contributed by atoms with Gasteiger partial charge in [0.25, 0.3) is 0 Å². The molecule has 0 atom stereocenters. The molecular formula is C20H27NO3. The zero-order valence-corrected chi connectivity index (χ0v) is 14.5. The van der Waals surface area contributed by atoms with E-state index in [2.05, 4.69) is 6.58 Å². The highest BCUT2D eigenvalue weighted by Crippen LogP contribution is 2.25. The van der Waals surface area contributed by atoms with E-state index in [4.69, 9.17) is 4.74 Å². The van der Waals surface area contributed by atoms with Crippen LogP contribution in [0.4, 0.5) is 0 Å². The molecule has 1 aromatic rings. The number of rotatable bonds is 8. The van der Waals surface area contributed by atoms with Gasteiger partial charge in [0.05, 0.1) is 0 Å². The quantitative estimate of drug-likeness (QED) is 0.682. The molecule has 0 spiro atoms. The smallest absolute Gasteiger partial charge is 0.223 e. The standard InChI is InChI=1S/C20H27NO3/c1-3-12-24-19-7-5-6-17(13-19)15-21(4-2)20(23)14-16-8-10-18(22)11-9-16/h3,5-7,13,16H,1,4,8-12,14-15H2,2H3. The molecule has 0 bridgehead atoms. The van der Waals surface area contributed by atoms with Gasteiger partial charge in [-0.1, -0.05) is 24.8 Å². The molecule has 1 fully saturated rings. The Balaban J connectivity index is 1.91. The molecule has 1 aromatic carbocycles. The molecule has 0 aromatic heterocycles. The lowest BCUT2D eigenvalue weighted by atomic mass is 9.86. The van der Waals surface area contributed by atoms with E-state index in [9.17, 15) is 9.59 Å². The molecule has 1 saturated carbocycles. The number of carbonyl (C=O) groups is 2. The number of nitrogens with zero attached hydrogens (tertiary/aromatic N) is 1. The van der Waals surface area contributed by atoms with Crippen LogP contribution >= 0.6 is 0 Å². The molecule has 24 heavy (non-hydrogen) atoms. The summed E-state index contributed by atoms with van der Waals surface area (Å²) < 4.78 is 5.55. The van der Waals surface area contributed by atoms with Crippen LogP contribution in [0.1, 0.15) is 44.6 Å². The summed E-state index contributed by atoms with van der Waals surface area (Å²) >= 11 is 0. The molecule has 0 saturated heterocycles. The van der Waals surface area contributed by atoms with Crippen molar-refractivity contribution >= 4 is 11.7 Å². The van der Waals surface area contributed by atoms with Gasteiger partial charge in [-0.15, -0.1) is 0 Å².